The molecule has 0 saturated heterocycles. The van der Waals surface area contributed by atoms with Gasteiger partial charge in [0.2, 0.25) is 0 Å². The molecule has 4 heteroatoms. The van der Waals surface area contributed by atoms with Crippen molar-refractivity contribution in [3.8, 4) is 0 Å². The lowest BCUT2D eigenvalue weighted by molar-refractivity contribution is 0.0985. The molecule has 1 aromatic carbocycles. The molecule has 0 aliphatic rings. The Kier molecular flexibility index (Phi) is 3.86. The minimum absolute atomic E-state index is 0.311. The van der Waals surface area contributed by atoms with Gasteiger partial charge in [0.25, 0.3) is 0 Å². The molecule has 0 aromatic heterocycles. The van der Waals surface area contributed by atoms with Gasteiger partial charge in [-0.15, -0.1) is 0 Å². The second-order valence-electron chi connectivity index (χ2n) is 3.96. The molecular formula is C12H16O3S. The van der Waals surface area contributed by atoms with Gasteiger partial charge < -0.3 is 0 Å². The molecule has 1 atom stereocenters. The molecule has 0 aliphatic heterocycles. The van der Waals surface area contributed by atoms with E-state index in [1.54, 1.807) is 25.1 Å². The molecule has 16 heavy (non-hydrogen) atoms. The van der Waals surface area contributed by atoms with Gasteiger partial charge in [-0.25, -0.2) is 8.42 Å². The van der Waals surface area contributed by atoms with Crippen LogP contribution in [0.2, 0.25) is 0 Å². The zero-order valence-corrected chi connectivity index (χ0v) is 10.5. The van der Waals surface area contributed by atoms with Gasteiger partial charge in [0.1, 0.15) is 5.25 Å². The Bertz CT molecular complexity index is 489. The Morgan fingerprint density at radius 1 is 1.38 bits per heavy atom. The van der Waals surface area contributed by atoms with Gasteiger partial charge >= 0.3 is 0 Å². The lowest BCUT2D eigenvalue weighted by atomic mass is 10.0. The number of Topliss-reactive ketones (excluding diaryl/α,β-unsaturated/α-hetero) is 1. The van der Waals surface area contributed by atoms with E-state index in [0.29, 0.717) is 12.0 Å². The summed E-state index contributed by atoms with van der Waals surface area (Å²) in [5.41, 5.74) is 1.42. The molecule has 0 bridgehead atoms. The van der Waals surface area contributed by atoms with E-state index in [0.717, 1.165) is 11.8 Å². The largest absolute Gasteiger partial charge is 0.293 e. The number of benzene rings is 1. The normalized spacial score (nSPS) is 13.4. The first-order valence-corrected chi connectivity index (χ1v) is 7.11. The van der Waals surface area contributed by atoms with E-state index in [2.05, 4.69) is 0 Å². The van der Waals surface area contributed by atoms with Crippen molar-refractivity contribution < 1.29 is 13.2 Å². The number of aryl methyl sites for hydroxylation is 1. The highest BCUT2D eigenvalue weighted by atomic mass is 32.2. The zero-order chi connectivity index (χ0) is 12.3. The second kappa shape index (κ2) is 4.78. The molecule has 0 fully saturated rings. The fourth-order valence-corrected chi connectivity index (χ4v) is 2.80. The van der Waals surface area contributed by atoms with Gasteiger partial charge in [-0.2, -0.15) is 0 Å². The van der Waals surface area contributed by atoms with E-state index in [1.165, 1.54) is 0 Å². The summed E-state index contributed by atoms with van der Waals surface area (Å²) in [7, 11) is -3.32. The van der Waals surface area contributed by atoms with Crippen molar-refractivity contribution >= 4 is 15.6 Å². The molecule has 88 valence electrons. The summed E-state index contributed by atoms with van der Waals surface area (Å²) in [5, 5.41) is -0.922. The summed E-state index contributed by atoms with van der Waals surface area (Å²) in [6.45, 7) is 3.58. The first-order valence-electron chi connectivity index (χ1n) is 5.16. The Hall–Kier alpha value is -1.16. The Balaban J connectivity index is 3.11. The average molecular weight is 240 g/mol. The van der Waals surface area contributed by atoms with Crippen LogP contribution in [0.15, 0.2) is 24.3 Å². The fraction of sp³-hybridized carbons (Fsp3) is 0.417. The number of ketones is 1. The molecule has 1 rings (SSSR count). The number of sulfone groups is 1. The lowest BCUT2D eigenvalue weighted by Gasteiger charge is -2.11. The van der Waals surface area contributed by atoms with Crippen molar-refractivity contribution in [1.82, 2.24) is 0 Å². The second-order valence-corrected chi connectivity index (χ2v) is 6.19. The fourth-order valence-electron chi connectivity index (χ4n) is 1.67. The molecule has 1 unspecified atom stereocenters. The molecule has 0 spiro atoms. The summed E-state index contributed by atoms with van der Waals surface area (Å²) in [6, 6.07) is 7.01. The predicted octanol–water partition coefficient (Wildman–Crippen LogP) is 2.00. The van der Waals surface area contributed by atoms with Gasteiger partial charge in [-0.05, 0) is 19.4 Å². The predicted molar refractivity (Wildman–Crippen MR) is 64.4 cm³/mol. The number of rotatable bonds is 4. The molecule has 3 nitrogen and oxygen atoms in total. The van der Waals surface area contributed by atoms with Crippen LogP contribution in [0.1, 0.15) is 29.3 Å². The van der Waals surface area contributed by atoms with Crippen LogP contribution in [0.25, 0.3) is 0 Å². The highest BCUT2D eigenvalue weighted by Gasteiger charge is 2.27. The van der Waals surface area contributed by atoms with Gasteiger partial charge in [0.05, 0.1) is 0 Å². The number of carbonyl (C=O) groups excluding carboxylic acids is 1. The van der Waals surface area contributed by atoms with E-state index in [1.807, 2.05) is 13.0 Å². The third-order valence-electron chi connectivity index (χ3n) is 2.48. The summed E-state index contributed by atoms with van der Waals surface area (Å²) >= 11 is 0. The summed E-state index contributed by atoms with van der Waals surface area (Å²) < 4.78 is 22.9. The molecule has 0 heterocycles. The van der Waals surface area contributed by atoms with Crippen LogP contribution < -0.4 is 0 Å². The Morgan fingerprint density at radius 3 is 2.44 bits per heavy atom. The average Bonchev–Trinajstić information content (AvgIpc) is 2.16. The minimum atomic E-state index is -3.32. The summed E-state index contributed by atoms with van der Waals surface area (Å²) in [4.78, 5) is 12.0. The Labute approximate surface area is 96.4 Å². The first kappa shape index (κ1) is 12.9. The van der Waals surface area contributed by atoms with Crippen molar-refractivity contribution in [3.05, 3.63) is 35.4 Å². The zero-order valence-electron chi connectivity index (χ0n) is 9.73. The maximum atomic E-state index is 12.0. The third kappa shape index (κ3) is 2.92. The standard InChI is InChI=1S/C12H16O3S/c1-4-11(16(3,14)15)12(13)10-7-5-6-9(2)8-10/h5-8,11H,4H2,1-3H3. The van der Waals surface area contributed by atoms with Crippen LogP contribution in [-0.2, 0) is 9.84 Å². The van der Waals surface area contributed by atoms with Crippen molar-refractivity contribution in [3.63, 3.8) is 0 Å². The van der Waals surface area contributed by atoms with E-state index >= 15 is 0 Å². The van der Waals surface area contributed by atoms with Crippen molar-refractivity contribution in [2.45, 2.75) is 25.5 Å². The first-order chi connectivity index (χ1) is 7.36. The lowest BCUT2D eigenvalue weighted by Crippen LogP contribution is -2.28. The van der Waals surface area contributed by atoms with Crippen LogP contribution in [-0.4, -0.2) is 25.7 Å². The van der Waals surface area contributed by atoms with Crippen LogP contribution >= 0.6 is 0 Å². The number of hydrogen-bond donors (Lipinski definition) is 0. The van der Waals surface area contributed by atoms with Crippen LogP contribution in [0.3, 0.4) is 0 Å². The topological polar surface area (TPSA) is 51.2 Å². The smallest absolute Gasteiger partial charge is 0.180 e. The van der Waals surface area contributed by atoms with Crippen molar-refractivity contribution in [1.29, 1.82) is 0 Å². The third-order valence-corrected chi connectivity index (χ3v) is 4.06. The molecule has 0 radical (unpaired) electrons. The number of hydrogen-bond acceptors (Lipinski definition) is 3. The van der Waals surface area contributed by atoms with Gasteiger partial charge in [-0.1, -0.05) is 30.7 Å². The highest BCUT2D eigenvalue weighted by Crippen LogP contribution is 2.14. The van der Waals surface area contributed by atoms with E-state index in [-0.39, 0.29) is 5.78 Å². The van der Waals surface area contributed by atoms with Crippen LogP contribution in [0, 0.1) is 6.92 Å². The number of carbonyl (C=O) groups is 1. The Morgan fingerprint density at radius 2 is 2.00 bits per heavy atom. The molecule has 0 amide bonds. The maximum Gasteiger partial charge on any atom is 0.180 e. The molecule has 0 saturated carbocycles. The molecule has 1 aromatic rings. The van der Waals surface area contributed by atoms with Crippen molar-refractivity contribution in [2.75, 3.05) is 6.26 Å². The summed E-state index contributed by atoms with van der Waals surface area (Å²) in [6.07, 6.45) is 1.42. The van der Waals surface area contributed by atoms with Crippen LogP contribution in [0.4, 0.5) is 0 Å². The quantitative estimate of drug-likeness (QED) is 0.756. The summed E-state index contributed by atoms with van der Waals surface area (Å²) in [5.74, 6) is -0.311. The van der Waals surface area contributed by atoms with E-state index in [4.69, 9.17) is 0 Å². The van der Waals surface area contributed by atoms with E-state index < -0.39 is 15.1 Å². The maximum absolute atomic E-state index is 12.0. The highest BCUT2D eigenvalue weighted by molar-refractivity contribution is 7.92. The minimum Gasteiger partial charge on any atom is -0.293 e. The molecule has 0 N–H and O–H groups in total. The monoisotopic (exact) mass is 240 g/mol. The van der Waals surface area contributed by atoms with Gasteiger partial charge in [-0.3, -0.25) is 4.79 Å². The molecular weight excluding hydrogens is 224 g/mol. The molecule has 0 aliphatic carbocycles. The van der Waals surface area contributed by atoms with Crippen LogP contribution in [0.5, 0.6) is 0 Å². The van der Waals surface area contributed by atoms with Gasteiger partial charge in [0, 0.05) is 11.8 Å². The SMILES string of the molecule is CCC(C(=O)c1cccc(C)c1)S(C)(=O)=O. The van der Waals surface area contributed by atoms with E-state index in [9.17, 15) is 13.2 Å². The van der Waals surface area contributed by atoms with Crippen molar-refractivity contribution in [2.24, 2.45) is 0 Å². The van der Waals surface area contributed by atoms with Gasteiger partial charge in [0.15, 0.2) is 15.6 Å².